The first-order valence-electron chi connectivity index (χ1n) is 9.16. The molecule has 0 spiro atoms. The highest BCUT2D eigenvalue weighted by Gasteiger charge is 2.16. The molecule has 8 heteroatoms. The molecule has 0 bridgehead atoms. The fourth-order valence-electron chi connectivity index (χ4n) is 2.63. The molecular formula is C21H24ClF2N3O2. The van der Waals surface area contributed by atoms with Crippen molar-refractivity contribution in [3.63, 3.8) is 0 Å². The quantitative estimate of drug-likeness (QED) is 0.673. The van der Waals surface area contributed by atoms with E-state index in [1.807, 2.05) is 31.1 Å². The Balaban J connectivity index is 1.93. The van der Waals surface area contributed by atoms with Crippen LogP contribution in [0.25, 0.3) is 0 Å². The smallest absolute Gasteiger partial charge is 0.254 e. The largest absolute Gasteiger partial charge is 0.351 e. The molecule has 2 aromatic rings. The normalized spacial score (nSPS) is 10.8. The van der Waals surface area contributed by atoms with Gasteiger partial charge >= 0.3 is 0 Å². The highest BCUT2D eigenvalue weighted by atomic mass is 35.5. The minimum atomic E-state index is -0.941. The molecule has 0 saturated heterocycles. The lowest BCUT2D eigenvalue weighted by atomic mass is 10.2. The number of rotatable bonds is 9. The van der Waals surface area contributed by atoms with Crippen LogP contribution in [0, 0.1) is 11.6 Å². The van der Waals surface area contributed by atoms with Gasteiger partial charge in [0.15, 0.2) is 0 Å². The maximum absolute atomic E-state index is 13.7. The molecule has 29 heavy (non-hydrogen) atoms. The van der Waals surface area contributed by atoms with Gasteiger partial charge in [0, 0.05) is 43.7 Å². The number of halogens is 3. The van der Waals surface area contributed by atoms with Gasteiger partial charge in [0.1, 0.15) is 11.6 Å². The SMILES string of the molecule is CN(C)CCN(Cc1ccc(Cl)cc1)C(=O)CCNC(=O)c1ccc(F)cc1F. The summed E-state index contributed by atoms with van der Waals surface area (Å²) in [4.78, 5) is 28.4. The van der Waals surface area contributed by atoms with Crippen molar-refractivity contribution in [2.75, 3.05) is 33.7 Å². The molecule has 2 aromatic carbocycles. The Hall–Kier alpha value is -2.51. The van der Waals surface area contributed by atoms with Crippen LogP contribution in [0.1, 0.15) is 22.3 Å². The first kappa shape index (κ1) is 22.8. The second-order valence-electron chi connectivity index (χ2n) is 6.88. The lowest BCUT2D eigenvalue weighted by Crippen LogP contribution is -2.38. The van der Waals surface area contributed by atoms with Crippen LogP contribution in [0.5, 0.6) is 0 Å². The van der Waals surface area contributed by atoms with Crippen LogP contribution in [0.3, 0.4) is 0 Å². The van der Waals surface area contributed by atoms with E-state index < -0.39 is 17.5 Å². The summed E-state index contributed by atoms with van der Waals surface area (Å²) in [5.41, 5.74) is 0.684. The van der Waals surface area contributed by atoms with Gasteiger partial charge in [-0.2, -0.15) is 0 Å². The molecule has 0 saturated carbocycles. The monoisotopic (exact) mass is 423 g/mol. The van der Waals surface area contributed by atoms with Crippen molar-refractivity contribution in [1.29, 1.82) is 0 Å². The van der Waals surface area contributed by atoms with Crippen LogP contribution in [-0.4, -0.2) is 55.3 Å². The molecule has 1 N–H and O–H groups in total. The van der Waals surface area contributed by atoms with Crippen molar-refractivity contribution in [1.82, 2.24) is 15.1 Å². The number of amides is 2. The third-order valence-electron chi connectivity index (χ3n) is 4.26. The third-order valence-corrected chi connectivity index (χ3v) is 4.51. The lowest BCUT2D eigenvalue weighted by molar-refractivity contribution is -0.131. The second-order valence-corrected chi connectivity index (χ2v) is 7.31. The predicted molar refractivity (Wildman–Crippen MR) is 109 cm³/mol. The summed E-state index contributed by atoms with van der Waals surface area (Å²) in [6.45, 7) is 1.68. The summed E-state index contributed by atoms with van der Waals surface area (Å²) in [7, 11) is 3.84. The van der Waals surface area contributed by atoms with E-state index in [1.165, 1.54) is 0 Å². The van der Waals surface area contributed by atoms with Crippen molar-refractivity contribution in [3.8, 4) is 0 Å². The topological polar surface area (TPSA) is 52.6 Å². The zero-order chi connectivity index (χ0) is 21.4. The Morgan fingerprint density at radius 2 is 1.72 bits per heavy atom. The molecule has 2 rings (SSSR count). The minimum Gasteiger partial charge on any atom is -0.351 e. The first-order valence-corrected chi connectivity index (χ1v) is 9.54. The first-order chi connectivity index (χ1) is 13.8. The number of hydrogen-bond acceptors (Lipinski definition) is 3. The lowest BCUT2D eigenvalue weighted by Gasteiger charge is -2.25. The standard InChI is InChI=1S/C21H24ClF2N3O2/c1-26(2)11-12-27(14-15-3-5-16(22)6-4-15)20(28)9-10-25-21(29)18-8-7-17(23)13-19(18)24/h3-8,13H,9-12,14H2,1-2H3,(H,25,29). The summed E-state index contributed by atoms with van der Waals surface area (Å²) >= 11 is 5.91. The molecule has 0 aliphatic rings. The van der Waals surface area contributed by atoms with Crippen LogP contribution in [-0.2, 0) is 11.3 Å². The molecule has 0 aliphatic heterocycles. The van der Waals surface area contributed by atoms with Crippen LogP contribution in [0.15, 0.2) is 42.5 Å². The molecule has 0 unspecified atom stereocenters. The van der Waals surface area contributed by atoms with Crippen LogP contribution in [0.2, 0.25) is 5.02 Å². The average Bonchev–Trinajstić information content (AvgIpc) is 2.66. The summed E-state index contributed by atoms with van der Waals surface area (Å²) < 4.78 is 26.6. The third kappa shape index (κ3) is 7.44. The molecule has 2 amide bonds. The molecule has 0 aromatic heterocycles. The van der Waals surface area contributed by atoms with Crippen LogP contribution < -0.4 is 5.32 Å². The molecule has 5 nitrogen and oxygen atoms in total. The average molecular weight is 424 g/mol. The fraction of sp³-hybridized carbons (Fsp3) is 0.333. The van der Waals surface area contributed by atoms with Gasteiger partial charge in [0.2, 0.25) is 5.91 Å². The number of carbonyl (C=O) groups is 2. The number of nitrogens with zero attached hydrogens (tertiary/aromatic N) is 2. The molecule has 0 radical (unpaired) electrons. The van der Waals surface area contributed by atoms with E-state index in [-0.39, 0.29) is 24.4 Å². The van der Waals surface area contributed by atoms with Gasteiger partial charge in [-0.1, -0.05) is 23.7 Å². The zero-order valence-electron chi connectivity index (χ0n) is 16.4. The zero-order valence-corrected chi connectivity index (χ0v) is 17.2. The molecule has 0 atom stereocenters. The van der Waals surface area contributed by atoms with Crippen molar-refractivity contribution in [2.45, 2.75) is 13.0 Å². The number of hydrogen-bond donors (Lipinski definition) is 1. The van der Waals surface area contributed by atoms with E-state index in [9.17, 15) is 18.4 Å². The molecule has 0 heterocycles. The van der Waals surface area contributed by atoms with Gasteiger partial charge in [-0.05, 0) is 43.9 Å². The number of benzene rings is 2. The summed E-state index contributed by atoms with van der Waals surface area (Å²) in [6, 6.07) is 9.99. The van der Waals surface area contributed by atoms with Crippen LogP contribution >= 0.6 is 11.6 Å². The highest BCUT2D eigenvalue weighted by molar-refractivity contribution is 6.30. The Morgan fingerprint density at radius 3 is 2.34 bits per heavy atom. The van der Waals surface area contributed by atoms with Crippen molar-refractivity contribution >= 4 is 23.4 Å². The number of carbonyl (C=O) groups excluding carboxylic acids is 2. The Morgan fingerprint density at radius 1 is 1.03 bits per heavy atom. The van der Waals surface area contributed by atoms with E-state index in [0.29, 0.717) is 30.7 Å². The van der Waals surface area contributed by atoms with Crippen molar-refractivity contribution in [3.05, 3.63) is 70.2 Å². The summed E-state index contributed by atoms with van der Waals surface area (Å²) in [5, 5.41) is 3.13. The minimum absolute atomic E-state index is 0.0492. The van der Waals surface area contributed by atoms with E-state index >= 15 is 0 Å². The fourth-order valence-corrected chi connectivity index (χ4v) is 2.76. The highest BCUT2D eigenvalue weighted by Crippen LogP contribution is 2.13. The van der Waals surface area contributed by atoms with Gasteiger partial charge in [-0.15, -0.1) is 0 Å². The van der Waals surface area contributed by atoms with Gasteiger partial charge in [-0.3, -0.25) is 9.59 Å². The maximum atomic E-state index is 13.7. The maximum Gasteiger partial charge on any atom is 0.254 e. The van der Waals surface area contributed by atoms with E-state index in [2.05, 4.69) is 5.32 Å². The van der Waals surface area contributed by atoms with E-state index in [4.69, 9.17) is 11.6 Å². The summed E-state index contributed by atoms with van der Waals surface area (Å²) in [6.07, 6.45) is 0.0651. The van der Waals surface area contributed by atoms with Gasteiger partial charge in [-0.25, -0.2) is 8.78 Å². The predicted octanol–water partition coefficient (Wildman–Crippen LogP) is 3.33. The molecule has 156 valence electrons. The van der Waals surface area contributed by atoms with Gasteiger partial charge in [0.25, 0.3) is 5.91 Å². The second kappa shape index (κ2) is 10.9. The number of nitrogens with one attached hydrogen (secondary N) is 1. The van der Waals surface area contributed by atoms with Crippen LogP contribution in [0.4, 0.5) is 8.78 Å². The Kier molecular flexibility index (Phi) is 8.54. The summed E-state index contributed by atoms with van der Waals surface area (Å²) in [5.74, 6) is -2.52. The van der Waals surface area contributed by atoms with E-state index in [1.54, 1.807) is 17.0 Å². The molecular weight excluding hydrogens is 400 g/mol. The molecule has 0 aliphatic carbocycles. The van der Waals surface area contributed by atoms with Gasteiger partial charge < -0.3 is 15.1 Å². The Bertz CT molecular complexity index is 844. The number of likely N-dealkylation sites (N-methyl/N-ethyl adjacent to an activating group) is 1. The van der Waals surface area contributed by atoms with Gasteiger partial charge in [0.05, 0.1) is 5.56 Å². The van der Waals surface area contributed by atoms with E-state index in [0.717, 1.165) is 17.7 Å². The Labute approximate surface area is 174 Å². The van der Waals surface area contributed by atoms with Crippen molar-refractivity contribution in [2.24, 2.45) is 0 Å². The molecule has 0 fully saturated rings. The van der Waals surface area contributed by atoms with Crippen molar-refractivity contribution < 1.29 is 18.4 Å².